The zero-order valence-corrected chi connectivity index (χ0v) is 10.1. The zero-order valence-electron chi connectivity index (χ0n) is 10.1. The summed E-state index contributed by atoms with van der Waals surface area (Å²) in [7, 11) is 0. The van der Waals surface area contributed by atoms with Gasteiger partial charge in [0.15, 0.2) is 0 Å². The Kier molecular flexibility index (Phi) is 2.05. The van der Waals surface area contributed by atoms with Crippen LogP contribution in [0.2, 0.25) is 0 Å². The number of urea groups is 1. The summed E-state index contributed by atoms with van der Waals surface area (Å²) in [5.41, 5.74) is 5.93. The van der Waals surface area contributed by atoms with Crippen molar-refractivity contribution in [1.82, 2.24) is 5.32 Å². The maximum Gasteiger partial charge on any atom is 0.312 e. The molecule has 0 aromatic rings. The lowest BCUT2D eigenvalue weighted by molar-refractivity contribution is -0.0781. The van der Waals surface area contributed by atoms with E-state index in [2.05, 4.69) is 12.2 Å². The molecule has 2 amide bonds. The van der Waals surface area contributed by atoms with Crippen molar-refractivity contribution < 1.29 is 4.79 Å². The van der Waals surface area contributed by atoms with Gasteiger partial charge in [0, 0.05) is 5.54 Å². The average molecular weight is 222 g/mol. The van der Waals surface area contributed by atoms with Crippen molar-refractivity contribution in [3.63, 3.8) is 0 Å². The number of carbonyl (C=O) groups excluding carboxylic acids is 1. The third-order valence-corrected chi connectivity index (χ3v) is 5.32. The Labute approximate surface area is 97.2 Å². The van der Waals surface area contributed by atoms with Crippen LogP contribution in [0.3, 0.4) is 0 Å². The van der Waals surface area contributed by atoms with Crippen molar-refractivity contribution in [2.45, 2.75) is 57.4 Å². The fourth-order valence-electron chi connectivity index (χ4n) is 5.27. The Morgan fingerprint density at radius 2 is 1.94 bits per heavy atom. The van der Waals surface area contributed by atoms with Gasteiger partial charge >= 0.3 is 6.03 Å². The first-order chi connectivity index (χ1) is 7.55. The van der Waals surface area contributed by atoms with Crippen LogP contribution in [0.5, 0.6) is 0 Å². The molecule has 0 aliphatic heterocycles. The number of hydrogen-bond donors (Lipinski definition) is 2. The number of primary amides is 1. The molecule has 3 heteroatoms. The number of hydrogen-bond acceptors (Lipinski definition) is 1. The molecule has 0 aromatic carbocycles. The molecule has 3 nitrogen and oxygen atoms in total. The summed E-state index contributed by atoms with van der Waals surface area (Å²) in [4.78, 5) is 11.2. The number of nitrogens with two attached hydrogens (primary N) is 1. The Bertz CT molecular complexity index is 312. The third kappa shape index (κ3) is 1.44. The van der Waals surface area contributed by atoms with E-state index in [0.717, 1.165) is 11.8 Å². The molecule has 0 radical (unpaired) electrons. The molecule has 2 atom stereocenters. The predicted molar refractivity (Wildman–Crippen MR) is 62.9 cm³/mol. The molecule has 0 saturated heterocycles. The Morgan fingerprint density at radius 1 is 1.31 bits per heavy atom. The molecule has 90 valence electrons. The van der Waals surface area contributed by atoms with Crippen molar-refractivity contribution in [3.8, 4) is 0 Å². The summed E-state index contributed by atoms with van der Waals surface area (Å²) in [6.07, 6.45) is 8.96. The van der Waals surface area contributed by atoms with Crippen molar-refractivity contribution in [2.24, 2.45) is 23.0 Å². The van der Waals surface area contributed by atoms with Crippen LogP contribution in [0.25, 0.3) is 0 Å². The van der Waals surface area contributed by atoms with Crippen LogP contribution in [0.15, 0.2) is 0 Å². The van der Waals surface area contributed by atoms with Gasteiger partial charge < -0.3 is 11.1 Å². The van der Waals surface area contributed by atoms with E-state index in [9.17, 15) is 4.79 Å². The molecule has 4 saturated carbocycles. The lowest BCUT2D eigenvalue weighted by atomic mass is 9.46. The monoisotopic (exact) mass is 222 g/mol. The molecule has 4 bridgehead atoms. The first kappa shape index (κ1) is 10.4. The van der Waals surface area contributed by atoms with Crippen LogP contribution < -0.4 is 11.1 Å². The first-order valence-corrected chi connectivity index (χ1v) is 6.62. The molecule has 4 aliphatic rings. The topological polar surface area (TPSA) is 55.1 Å². The largest absolute Gasteiger partial charge is 0.352 e. The molecule has 4 fully saturated rings. The molecule has 2 unspecified atom stereocenters. The number of amides is 2. The van der Waals surface area contributed by atoms with Gasteiger partial charge in [-0.2, -0.15) is 0 Å². The van der Waals surface area contributed by atoms with E-state index < -0.39 is 0 Å². The van der Waals surface area contributed by atoms with Gasteiger partial charge in [-0.05, 0) is 55.8 Å². The summed E-state index contributed by atoms with van der Waals surface area (Å²) in [6.45, 7) is 2.31. The van der Waals surface area contributed by atoms with E-state index in [-0.39, 0.29) is 11.6 Å². The molecule has 4 aliphatic carbocycles. The van der Waals surface area contributed by atoms with E-state index in [1.165, 1.54) is 44.9 Å². The molecule has 0 heterocycles. The summed E-state index contributed by atoms with van der Waals surface area (Å²) in [5, 5.41) is 3.09. The highest BCUT2D eigenvalue weighted by molar-refractivity contribution is 5.72. The van der Waals surface area contributed by atoms with Crippen LogP contribution in [-0.2, 0) is 0 Å². The predicted octanol–water partition coefficient (Wildman–Crippen LogP) is 2.40. The quantitative estimate of drug-likeness (QED) is 0.740. The van der Waals surface area contributed by atoms with Crippen molar-refractivity contribution in [3.05, 3.63) is 0 Å². The molecule has 0 spiro atoms. The highest BCUT2D eigenvalue weighted by atomic mass is 16.2. The van der Waals surface area contributed by atoms with E-state index in [1.54, 1.807) is 0 Å². The molecule has 16 heavy (non-hydrogen) atoms. The van der Waals surface area contributed by atoms with Gasteiger partial charge in [0.05, 0.1) is 0 Å². The smallest absolute Gasteiger partial charge is 0.312 e. The summed E-state index contributed by atoms with van der Waals surface area (Å²) in [5.74, 6) is 1.68. The minimum atomic E-state index is -0.326. The SMILES string of the molecule is CCC12CC3CC(C1)CC(NC(N)=O)(C3)C2. The number of nitrogens with one attached hydrogen (secondary N) is 1. The van der Waals surface area contributed by atoms with Crippen LogP contribution in [0, 0.1) is 17.3 Å². The highest BCUT2D eigenvalue weighted by Gasteiger charge is 2.57. The van der Waals surface area contributed by atoms with E-state index in [0.29, 0.717) is 5.41 Å². The lowest BCUT2D eigenvalue weighted by Gasteiger charge is -2.62. The van der Waals surface area contributed by atoms with Crippen LogP contribution >= 0.6 is 0 Å². The van der Waals surface area contributed by atoms with Crippen LogP contribution in [-0.4, -0.2) is 11.6 Å². The fourth-order valence-corrected chi connectivity index (χ4v) is 5.27. The Balaban J connectivity index is 1.89. The average Bonchev–Trinajstić information content (AvgIpc) is 2.13. The standard InChI is InChI=1S/C13H22N2O/c1-2-12-4-9-3-10(5-12)7-13(6-9,8-12)15-11(14)16/h9-10H,2-8H2,1H3,(H3,14,15,16). The second kappa shape index (κ2) is 3.14. The van der Waals surface area contributed by atoms with E-state index in [4.69, 9.17) is 5.73 Å². The molecule has 4 rings (SSSR count). The first-order valence-electron chi connectivity index (χ1n) is 6.62. The van der Waals surface area contributed by atoms with Gasteiger partial charge in [-0.15, -0.1) is 0 Å². The Morgan fingerprint density at radius 3 is 2.44 bits per heavy atom. The van der Waals surface area contributed by atoms with Crippen molar-refractivity contribution in [1.29, 1.82) is 0 Å². The summed E-state index contributed by atoms with van der Waals surface area (Å²) in [6, 6.07) is -0.326. The van der Waals surface area contributed by atoms with Gasteiger partial charge in [-0.1, -0.05) is 13.3 Å². The van der Waals surface area contributed by atoms with Gasteiger partial charge in [-0.25, -0.2) is 4.79 Å². The van der Waals surface area contributed by atoms with Gasteiger partial charge in [0.2, 0.25) is 0 Å². The molecular formula is C13H22N2O. The number of rotatable bonds is 2. The number of carbonyl (C=O) groups is 1. The molecular weight excluding hydrogens is 200 g/mol. The molecule has 0 aromatic heterocycles. The van der Waals surface area contributed by atoms with Crippen LogP contribution in [0.4, 0.5) is 4.79 Å². The van der Waals surface area contributed by atoms with Crippen LogP contribution in [0.1, 0.15) is 51.9 Å². The van der Waals surface area contributed by atoms with E-state index in [1.807, 2.05) is 0 Å². The van der Waals surface area contributed by atoms with Crippen molar-refractivity contribution in [2.75, 3.05) is 0 Å². The maximum atomic E-state index is 11.2. The third-order valence-electron chi connectivity index (χ3n) is 5.32. The molecule has 3 N–H and O–H groups in total. The van der Waals surface area contributed by atoms with Gasteiger partial charge in [0.25, 0.3) is 0 Å². The summed E-state index contributed by atoms with van der Waals surface area (Å²) < 4.78 is 0. The van der Waals surface area contributed by atoms with Gasteiger partial charge in [0.1, 0.15) is 0 Å². The second-order valence-electron chi connectivity index (χ2n) is 6.58. The minimum absolute atomic E-state index is 0.0614. The Hall–Kier alpha value is -0.730. The maximum absolute atomic E-state index is 11.2. The minimum Gasteiger partial charge on any atom is -0.352 e. The lowest BCUT2D eigenvalue weighted by Crippen LogP contribution is -2.63. The van der Waals surface area contributed by atoms with Gasteiger partial charge in [-0.3, -0.25) is 0 Å². The fraction of sp³-hybridized carbons (Fsp3) is 0.923. The van der Waals surface area contributed by atoms with Crippen molar-refractivity contribution >= 4 is 6.03 Å². The highest BCUT2D eigenvalue weighted by Crippen LogP contribution is 2.62. The van der Waals surface area contributed by atoms with E-state index >= 15 is 0 Å². The second-order valence-corrected chi connectivity index (χ2v) is 6.58. The zero-order chi connectivity index (χ0) is 11.4. The normalized spacial score (nSPS) is 49.3. The summed E-state index contributed by atoms with van der Waals surface area (Å²) >= 11 is 0.